The van der Waals surface area contributed by atoms with Crippen molar-refractivity contribution in [3.05, 3.63) is 29.8 Å². The smallest absolute Gasteiger partial charge is 0.260 e. The van der Waals surface area contributed by atoms with Crippen LogP contribution in [-0.4, -0.2) is 60.5 Å². The van der Waals surface area contributed by atoms with Crippen LogP contribution >= 0.6 is 12.4 Å². The number of nitrogens with zero attached hydrogens (tertiary/aromatic N) is 3. The Morgan fingerprint density at radius 2 is 1.97 bits per heavy atom. The summed E-state index contributed by atoms with van der Waals surface area (Å²) in [6.45, 7) is 12.9. The Morgan fingerprint density at radius 1 is 1.24 bits per heavy atom. The number of anilines is 1. The summed E-state index contributed by atoms with van der Waals surface area (Å²) in [6, 6.07) is 8.95. The molecule has 0 saturated carbocycles. The molecule has 3 aliphatic rings. The summed E-state index contributed by atoms with van der Waals surface area (Å²) < 4.78 is 0. The van der Waals surface area contributed by atoms with Crippen LogP contribution in [-0.2, 0) is 10.2 Å². The van der Waals surface area contributed by atoms with E-state index in [1.807, 2.05) is 0 Å². The molecule has 1 amide bonds. The van der Waals surface area contributed by atoms with E-state index in [9.17, 15) is 4.79 Å². The minimum absolute atomic E-state index is 0. The van der Waals surface area contributed by atoms with E-state index in [0.717, 1.165) is 44.7 Å². The molecule has 0 aliphatic carbocycles. The number of para-hydroxylation sites is 1. The van der Waals surface area contributed by atoms with Gasteiger partial charge in [0.15, 0.2) is 0 Å². The van der Waals surface area contributed by atoms with E-state index in [2.05, 4.69) is 79.2 Å². The van der Waals surface area contributed by atoms with Gasteiger partial charge in [0.1, 0.15) is 5.54 Å². The average Bonchev–Trinajstić information content (AvgIpc) is 2.86. The average molecular weight is 421 g/mol. The molecule has 3 aliphatic heterocycles. The van der Waals surface area contributed by atoms with Gasteiger partial charge in [-0.05, 0) is 43.9 Å². The molecule has 3 heterocycles. The van der Waals surface area contributed by atoms with Crippen molar-refractivity contribution >= 4 is 24.0 Å². The third kappa shape index (κ3) is 3.89. The molecule has 2 bridgehead atoms. The molecule has 2 atom stereocenters. The van der Waals surface area contributed by atoms with E-state index >= 15 is 0 Å². The maximum Gasteiger partial charge on any atom is 0.260 e. The second-order valence-electron chi connectivity index (χ2n) is 10.2. The van der Waals surface area contributed by atoms with Crippen molar-refractivity contribution in [2.24, 2.45) is 5.92 Å². The standard InChI is InChI=1S/C23H36N4O.ClH/c1-17(2)13-26-14-18-9-8-12-23(16-26,25(18)5)21(28)24-27-15-22(3,4)19-10-6-7-11-20(19)27;/h6-7,10-11,17-18H,8-9,12-16H2,1-5H3,(H,24,28);1H. The Balaban J connectivity index is 0.00000240. The fourth-order valence-electron chi connectivity index (χ4n) is 5.66. The highest BCUT2D eigenvalue weighted by Crippen LogP contribution is 2.40. The van der Waals surface area contributed by atoms with Crippen molar-refractivity contribution in [1.29, 1.82) is 0 Å². The van der Waals surface area contributed by atoms with Gasteiger partial charge in [-0.1, -0.05) is 45.9 Å². The van der Waals surface area contributed by atoms with E-state index in [1.165, 1.54) is 12.0 Å². The number of likely N-dealkylation sites (N-methyl/N-ethyl adjacent to an activating group) is 1. The highest BCUT2D eigenvalue weighted by molar-refractivity contribution is 5.89. The van der Waals surface area contributed by atoms with Gasteiger partial charge in [0.2, 0.25) is 0 Å². The first kappa shape index (κ1) is 22.4. The van der Waals surface area contributed by atoms with Crippen LogP contribution in [0.1, 0.15) is 52.5 Å². The molecule has 0 spiro atoms. The predicted octanol–water partition coefficient (Wildman–Crippen LogP) is 3.43. The number of piperidine rings is 1. The number of hydrazine groups is 1. The quantitative estimate of drug-likeness (QED) is 0.809. The van der Waals surface area contributed by atoms with Gasteiger partial charge in [-0.2, -0.15) is 0 Å². The number of fused-ring (bicyclic) bond motifs is 3. The first-order valence-electron chi connectivity index (χ1n) is 10.9. The fourth-order valence-corrected chi connectivity index (χ4v) is 5.66. The van der Waals surface area contributed by atoms with Crippen LogP contribution in [0.3, 0.4) is 0 Å². The van der Waals surface area contributed by atoms with Gasteiger partial charge in [0, 0.05) is 37.6 Å². The Hall–Kier alpha value is -1.30. The molecule has 162 valence electrons. The van der Waals surface area contributed by atoms with Crippen LogP contribution in [0.2, 0.25) is 0 Å². The monoisotopic (exact) mass is 420 g/mol. The summed E-state index contributed by atoms with van der Waals surface area (Å²) in [5, 5.41) is 2.09. The van der Waals surface area contributed by atoms with Gasteiger partial charge in [0.25, 0.3) is 5.91 Å². The lowest BCUT2D eigenvalue weighted by atomic mass is 9.79. The van der Waals surface area contributed by atoms with Gasteiger partial charge in [0.05, 0.1) is 5.69 Å². The second kappa shape index (κ2) is 8.09. The van der Waals surface area contributed by atoms with Crippen LogP contribution in [0.25, 0.3) is 0 Å². The normalized spacial score (nSPS) is 28.8. The fraction of sp³-hybridized carbons (Fsp3) is 0.696. The van der Waals surface area contributed by atoms with Gasteiger partial charge in [-0.25, -0.2) is 0 Å². The van der Waals surface area contributed by atoms with Crippen LogP contribution in [0, 0.1) is 5.92 Å². The van der Waals surface area contributed by atoms with E-state index in [1.54, 1.807) is 0 Å². The molecular formula is C23H37ClN4O. The molecule has 5 nitrogen and oxygen atoms in total. The molecule has 2 saturated heterocycles. The number of hydrogen-bond acceptors (Lipinski definition) is 4. The second-order valence-corrected chi connectivity index (χ2v) is 10.2. The SMILES string of the molecule is CC(C)CN1CC2CCCC(C(=O)NN3CC(C)(C)c4ccccc43)(C1)N2C.Cl. The number of halogens is 1. The summed E-state index contributed by atoms with van der Waals surface area (Å²) in [5.41, 5.74) is 5.41. The molecule has 0 aromatic heterocycles. The number of likely N-dealkylation sites (tertiary alicyclic amines) is 1. The van der Waals surface area contributed by atoms with Crippen molar-refractivity contribution in [1.82, 2.24) is 15.2 Å². The number of amides is 1. The van der Waals surface area contributed by atoms with Crippen molar-refractivity contribution in [2.45, 2.75) is 64.0 Å². The lowest BCUT2D eigenvalue weighted by Gasteiger charge is -2.55. The number of nitrogens with one attached hydrogen (secondary N) is 1. The Kier molecular flexibility index (Phi) is 6.24. The molecule has 6 heteroatoms. The van der Waals surface area contributed by atoms with E-state index < -0.39 is 5.54 Å². The number of piperazine rings is 1. The lowest BCUT2D eigenvalue weighted by Crippen LogP contribution is -2.73. The highest BCUT2D eigenvalue weighted by atomic mass is 35.5. The maximum atomic E-state index is 13.7. The first-order chi connectivity index (χ1) is 13.2. The molecular weight excluding hydrogens is 384 g/mol. The summed E-state index contributed by atoms with van der Waals surface area (Å²) in [5.74, 6) is 0.788. The molecule has 1 aromatic rings. The largest absolute Gasteiger partial charge is 0.299 e. The van der Waals surface area contributed by atoms with Gasteiger partial charge < -0.3 is 0 Å². The van der Waals surface area contributed by atoms with Crippen molar-refractivity contribution in [2.75, 3.05) is 38.2 Å². The Labute approximate surface area is 182 Å². The molecule has 1 N–H and O–H groups in total. The molecule has 4 rings (SSSR count). The summed E-state index contributed by atoms with van der Waals surface area (Å²) >= 11 is 0. The van der Waals surface area contributed by atoms with Crippen molar-refractivity contribution < 1.29 is 4.79 Å². The minimum atomic E-state index is -0.419. The summed E-state index contributed by atoms with van der Waals surface area (Å²) in [6.07, 6.45) is 3.28. The highest BCUT2D eigenvalue weighted by Gasteiger charge is 2.52. The third-order valence-corrected chi connectivity index (χ3v) is 7.06. The van der Waals surface area contributed by atoms with Crippen LogP contribution in [0.15, 0.2) is 24.3 Å². The van der Waals surface area contributed by atoms with E-state index in [-0.39, 0.29) is 23.7 Å². The summed E-state index contributed by atoms with van der Waals surface area (Å²) in [7, 11) is 2.16. The topological polar surface area (TPSA) is 38.8 Å². The molecule has 29 heavy (non-hydrogen) atoms. The predicted molar refractivity (Wildman–Crippen MR) is 122 cm³/mol. The third-order valence-electron chi connectivity index (χ3n) is 7.06. The number of carbonyl (C=O) groups is 1. The Bertz CT molecular complexity index is 752. The van der Waals surface area contributed by atoms with Crippen molar-refractivity contribution in [3.8, 4) is 0 Å². The molecule has 2 fully saturated rings. The molecule has 0 radical (unpaired) electrons. The summed E-state index contributed by atoms with van der Waals surface area (Å²) in [4.78, 5) is 18.6. The van der Waals surface area contributed by atoms with E-state index in [4.69, 9.17) is 0 Å². The van der Waals surface area contributed by atoms with Crippen LogP contribution < -0.4 is 10.4 Å². The molecule has 1 aromatic carbocycles. The van der Waals surface area contributed by atoms with E-state index in [0.29, 0.717) is 12.0 Å². The lowest BCUT2D eigenvalue weighted by molar-refractivity contribution is -0.146. The zero-order chi connectivity index (χ0) is 20.1. The molecule has 2 unspecified atom stereocenters. The number of rotatable bonds is 4. The number of benzene rings is 1. The Morgan fingerprint density at radius 3 is 2.69 bits per heavy atom. The maximum absolute atomic E-state index is 13.7. The zero-order valence-electron chi connectivity index (χ0n) is 18.6. The van der Waals surface area contributed by atoms with Gasteiger partial charge in [-0.3, -0.25) is 25.0 Å². The number of carbonyl (C=O) groups excluding carboxylic acids is 1. The zero-order valence-corrected chi connectivity index (χ0v) is 19.4. The number of hydrogen-bond donors (Lipinski definition) is 1. The van der Waals surface area contributed by atoms with Crippen molar-refractivity contribution in [3.63, 3.8) is 0 Å². The van der Waals surface area contributed by atoms with Crippen LogP contribution in [0.5, 0.6) is 0 Å². The van der Waals surface area contributed by atoms with Gasteiger partial charge in [-0.15, -0.1) is 12.4 Å². The van der Waals surface area contributed by atoms with Crippen LogP contribution in [0.4, 0.5) is 5.69 Å². The van der Waals surface area contributed by atoms with Gasteiger partial charge >= 0.3 is 0 Å². The minimum Gasteiger partial charge on any atom is -0.299 e. The first-order valence-corrected chi connectivity index (χ1v) is 10.9.